The highest BCUT2D eigenvalue weighted by molar-refractivity contribution is 7.92. The molecule has 0 aliphatic carbocycles. The average Bonchev–Trinajstić information content (AvgIpc) is 2.89. The molecule has 4 rings (SSSR count). The van der Waals surface area contributed by atoms with Crippen molar-refractivity contribution in [1.82, 2.24) is 0 Å². The zero-order valence-electron chi connectivity index (χ0n) is 22.7. The first-order chi connectivity index (χ1) is 18.8. The molecule has 0 heterocycles. The summed E-state index contributed by atoms with van der Waals surface area (Å²) in [6, 6.07) is 25.1. The normalized spacial score (nSPS) is 11.6. The van der Waals surface area contributed by atoms with Crippen molar-refractivity contribution in [3.63, 3.8) is 0 Å². The lowest BCUT2D eigenvalue weighted by Gasteiger charge is -2.23. The van der Waals surface area contributed by atoms with Crippen LogP contribution in [-0.2, 0) is 26.6 Å². The quantitative estimate of drug-likeness (QED) is 0.268. The Bertz CT molecular complexity index is 1750. The van der Waals surface area contributed by atoms with Crippen LogP contribution in [0.5, 0.6) is 0 Å². The van der Waals surface area contributed by atoms with E-state index in [0.29, 0.717) is 22.6 Å². The Morgan fingerprint density at radius 3 is 2.02 bits per heavy atom. The number of nitrogens with zero attached hydrogens (tertiary/aromatic N) is 1. The van der Waals surface area contributed by atoms with Gasteiger partial charge in [-0.25, -0.2) is 16.8 Å². The molecule has 0 saturated heterocycles. The van der Waals surface area contributed by atoms with Gasteiger partial charge in [-0.3, -0.25) is 13.8 Å². The number of carbonyl (C=O) groups excluding carboxylic acids is 1. The number of sulfonamides is 2. The number of rotatable bonds is 9. The molecule has 1 amide bonds. The third-order valence-electron chi connectivity index (χ3n) is 6.41. The molecule has 0 spiro atoms. The van der Waals surface area contributed by atoms with E-state index in [1.165, 1.54) is 34.8 Å². The molecule has 208 valence electrons. The van der Waals surface area contributed by atoms with E-state index in [9.17, 15) is 21.6 Å². The van der Waals surface area contributed by atoms with E-state index in [2.05, 4.69) is 10.0 Å². The predicted octanol–water partition coefficient (Wildman–Crippen LogP) is 5.63. The van der Waals surface area contributed by atoms with E-state index >= 15 is 0 Å². The van der Waals surface area contributed by atoms with Gasteiger partial charge in [-0.2, -0.15) is 0 Å². The van der Waals surface area contributed by atoms with Gasteiger partial charge in [-0.1, -0.05) is 30.3 Å². The summed E-state index contributed by atoms with van der Waals surface area (Å²) < 4.78 is 54.4. The average molecular weight is 578 g/mol. The highest BCUT2D eigenvalue weighted by Gasteiger charge is 2.19. The summed E-state index contributed by atoms with van der Waals surface area (Å²) in [4.78, 5) is 12.9. The second-order valence-electron chi connectivity index (χ2n) is 9.69. The molecule has 10 heteroatoms. The zero-order chi connectivity index (χ0) is 29.1. The maximum Gasteiger partial charge on any atom is 0.261 e. The third-order valence-corrected chi connectivity index (χ3v) is 8.95. The molecule has 0 aliphatic rings. The van der Waals surface area contributed by atoms with E-state index < -0.39 is 20.0 Å². The van der Waals surface area contributed by atoms with Crippen LogP contribution in [0, 0.1) is 20.8 Å². The van der Waals surface area contributed by atoms with Crippen LogP contribution in [-0.4, -0.2) is 29.0 Å². The maximum atomic E-state index is 12.8. The van der Waals surface area contributed by atoms with Gasteiger partial charge >= 0.3 is 0 Å². The molecule has 0 unspecified atom stereocenters. The van der Waals surface area contributed by atoms with E-state index in [4.69, 9.17) is 0 Å². The van der Waals surface area contributed by atoms with Gasteiger partial charge in [0.05, 0.1) is 23.4 Å². The molecule has 40 heavy (non-hydrogen) atoms. The molecule has 0 aliphatic heterocycles. The van der Waals surface area contributed by atoms with Crippen LogP contribution < -0.4 is 14.3 Å². The highest BCUT2D eigenvalue weighted by atomic mass is 32.2. The standard InChI is InChI=1S/C30H31N3O5S2/c1-21-6-5-7-27(18-21)32-40(37,38)29-16-13-26(14-17-29)31-30(34)25-11-9-24(10-12-25)20-33(39(4,35)36)28-15-8-22(2)23(3)19-28/h5-19,32H,20H2,1-4H3,(H,31,34). The van der Waals surface area contributed by atoms with Crippen molar-refractivity contribution in [2.75, 3.05) is 20.6 Å². The summed E-state index contributed by atoms with van der Waals surface area (Å²) in [6.07, 6.45) is 1.17. The van der Waals surface area contributed by atoms with Crippen molar-refractivity contribution in [1.29, 1.82) is 0 Å². The van der Waals surface area contributed by atoms with Gasteiger partial charge in [0, 0.05) is 16.9 Å². The van der Waals surface area contributed by atoms with Gasteiger partial charge in [-0.15, -0.1) is 0 Å². The summed E-state index contributed by atoms with van der Waals surface area (Å²) in [5, 5.41) is 2.76. The zero-order valence-corrected chi connectivity index (χ0v) is 24.3. The highest BCUT2D eigenvalue weighted by Crippen LogP contribution is 2.24. The van der Waals surface area contributed by atoms with E-state index in [0.717, 1.165) is 22.3 Å². The SMILES string of the molecule is Cc1cccc(NS(=O)(=O)c2ccc(NC(=O)c3ccc(CN(c4ccc(C)c(C)c4)S(C)(=O)=O)cc3)cc2)c1. The van der Waals surface area contributed by atoms with E-state index in [1.807, 2.05) is 39.0 Å². The molecule has 2 N–H and O–H groups in total. The first-order valence-electron chi connectivity index (χ1n) is 12.5. The lowest BCUT2D eigenvalue weighted by molar-refractivity contribution is 0.102. The number of amides is 1. The Hall–Kier alpha value is -4.15. The largest absolute Gasteiger partial charge is 0.322 e. The second kappa shape index (κ2) is 11.5. The van der Waals surface area contributed by atoms with Gasteiger partial charge in [0.25, 0.3) is 15.9 Å². The van der Waals surface area contributed by atoms with Gasteiger partial charge in [0.1, 0.15) is 0 Å². The number of aryl methyl sites for hydroxylation is 3. The van der Waals surface area contributed by atoms with Crippen molar-refractivity contribution in [3.05, 3.63) is 119 Å². The number of hydrogen-bond acceptors (Lipinski definition) is 5. The number of nitrogens with one attached hydrogen (secondary N) is 2. The summed E-state index contributed by atoms with van der Waals surface area (Å²) >= 11 is 0. The molecule has 0 radical (unpaired) electrons. The fourth-order valence-electron chi connectivity index (χ4n) is 4.05. The van der Waals surface area contributed by atoms with Gasteiger partial charge in [0.2, 0.25) is 10.0 Å². The van der Waals surface area contributed by atoms with Crippen LogP contribution in [0.25, 0.3) is 0 Å². The minimum Gasteiger partial charge on any atom is -0.322 e. The van der Waals surface area contributed by atoms with Crippen LogP contribution in [0.1, 0.15) is 32.6 Å². The molecule has 0 bridgehead atoms. The Balaban J connectivity index is 1.43. The molecule has 0 aromatic heterocycles. The van der Waals surface area contributed by atoms with E-state index in [1.54, 1.807) is 48.5 Å². The predicted molar refractivity (Wildman–Crippen MR) is 160 cm³/mol. The van der Waals surface area contributed by atoms with Crippen LogP contribution in [0.4, 0.5) is 17.1 Å². The van der Waals surface area contributed by atoms with Crippen molar-refractivity contribution >= 4 is 43.0 Å². The Morgan fingerprint density at radius 2 is 1.43 bits per heavy atom. The molecule has 8 nitrogen and oxygen atoms in total. The molecule has 4 aromatic rings. The van der Waals surface area contributed by atoms with Crippen LogP contribution in [0.3, 0.4) is 0 Å². The summed E-state index contributed by atoms with van der Waals surface area (Å²) in [5.41, 5.74) is 5.56. The molecule has 0 atom stereocenters. The lowest BCUT2D eigenvalue weighted by atomic mass is 10.1. The molecule has 4 aromatic carbocycles. The van der Waals surface area contributed by atoms with Crippen molar-refractivity contribution in [2.24, 2.45) is 0 Å². The number of benzene rings is 4. The van der Waals surface area contributed by atoms with E-state index in [-0.39, 0.29) is 17.3 Å². The first kappa shape index (κ1) is 28.8. The summed E-state index contributed by atoms with van der Waals surface area (Å²) in [5.74, 6) is -0.380. The number of carbonyl (C=O) groups is 1. The van der Waals surface area contributed by atoms with Crippen LogP contribution in [0.2, 0.25) is 0 Å². The second-order valence-corrected chi connectivity index (χ2v) is 13.3. The summed E-state index contributed by atoms with van der Waals surface area (Å²) in [6.45, 7) is 5.89. The van der Waals surface area contributed by atoms with Crippen LogP contribution in [0.15, 0.2) is 95.9 Å². The molecule has 0 fully saturated rings. The number of anilines is 3. The topological polar surface area (TPSA) is 113 Å². The van der Waals surface area contributed by atoms with Crippen molar-refractivity contribution in [2.45, 2.75) is 32.2 Å². The van der Waals surface area contributed by atoms with Gasteiger partial charge < -0.3 is 5.32 Å². The van der Waals surface area contributed by atoms with Crippen LogP contribution >= 0.6 is 0 Å². The fourth-order valence-corrected chi connectivity index (χ4v) is 5.98. The molecular weight excluding hydrogens is 546 g/mol. The van der Waals surface area contributed by atoms with Crippen molar-refractivity contribution in [3.8, 4) is 0 Å². The first-order valence-corrected chi connectivity index (χ1v) is 15.8. The molecule has 0 saturated carbocycles. The minimum absolute atomic E-state index is 0.0653. The Labute approximate surface area is 235 Å². The Morgan fingerprint density at radius 1 is 0.750 bits per heavy atom. The van der Waals surface area contributed by atoms with Gasteiger partial charge in [0.15, 0.2) is 0 Å². The monoisotopic (exact) mass is 577 g/mol. The number of hydrogen-bond donors (Lipinski definition) is 2. The van der Waals surface area contributed by atoms with Crippen molar-refractivity contribution < 1.29 is 21.6 Å². The third kappa shape index (κ3) is 7.08. The minimum atomic E-state index is -3.79. The maximum absolute atomic E-state index is 12.8. The molecular formula is C30H31N3O5S2. The lowest BCUT2D eigenvalue weighted by Crippen LogP contribution is -2.29. The smallest absolute Gasteiger partial charge is 0.261 e. The summed E-state index contributed by atoms with van der Waals surface area (Å²) in [7, 11) is -7.33. The fraction of sp³-hybridized carbons (Fsp3) is 0.167. The Kier molecular flexibility index (Phi) is 8.32. The van der Waals surface area contributed by atoms with Gasteiger partial charge in [-0.05, 0) is 104 Å².